The number of rotatable bonds is 6. The first-order valence-corrected chi connectivity index (χ1v) is 6.10. The number of nitrogens with one attached hydrogen (secondary N) is 2. The molecule has 1 atom stereocenters. The Morgan fingerprint density at radius 1 is 1.47 bits per heavy atom. The summed E-state index contributed by atoms with van der Waals surface area (Å²) in [5.41, 5.74) is 1.07. The van der Waals surface area contributed by atoms with Crippen molar-refractivity contribution < 1.29 is 4.79 Å². The first kappa shape index (κ1) is 15.8. The molecule has 0 saturated carbocycles. The van der Waals surface area contributed by atoms with Gasteiger partial charge in [0, 0.05) is 13.1 Å². The Bertz CT molecular complexity index is 308. The largest absolute Gasteiger partial charge is 0.313 e. The molecule has 2 N–H and O–H groups in total. The summed E-state index contributed by atoms with van der Waals surface area (Å²) in [4.78, 5) is 13.8. The second-order valence-corrected chi connectivity index (χ2v) is 4.48. The van der Waals surface area contributed by atoms with E-state index in [9.17, 15) is 4.79 Å². The van der Waals surface area contributed by atoms with Crippen LogP contribution in [-0.2, 0) is 4.79 Å². The van der Waals surface area contributed by atoms with Crippen molar-refractivity contribution in [3.63, 3.8) is 0 Å². The number of amides is 1. The maximum absolute atomic E-state index is 12.2. The molecule has 0 aliphatic carbocycles. The molecule has 0 spiro atoms. The van der Waals surface area contributed by atoms with Crippen LogP contribution in [0.25, 0.3) is 0 Å². The molecular weight excluding hydrogens is 214 g/mol. The van der Waals surface area contributed by atoms with Crippen LogP contribution < -0.4 is 5.32 Å². The Morgan fingerprint density at radius 2 is 2.00 bits per heavy atom. The van der Waals surface area contributed by atoms with Crippen LogP contribution in [-0.4, -0.2) is 35.7 Å². The zero-order valence-corrected chi connectivity index (χ0v) is 11.8. The molecule has 0 bridgehead atoms. The lowest BCUT2D eigenvalue weighted by molar-refractivity contribution is -0.130. The van der Waals surface area contributed by atoms with E-state index in [1.54, 1.807) is 24.9 Å². The van der Waals surface area contributed by atoms with Gasteiger partial charge in [0.25, 0.3) is 0 Å². The average molecular weight is 239 g/mol. The predicted molar refractivity (Wildman–Crippen MR) is 72.3 cm³/mol. The van der Waals surface area contributed by atoms with Crippen molar-refractivity contribution in [2.75, 3.05) is 7.05 Å². The number of nitrogens with zero attached hydrogens (tertiary/aromatic N) is 1. The highest BCUT2D eigenvalue weighted by Crippen LogP contribution is 2.08. The number of carbonyl (C=O) groups is 1. The highest BCUT2D eigenvalue weighted by molar-refractivity contribution is 5.99. The standard InChI is InChI=1S/C13H25N3O/c1-7-11(15-9(3)4)13(17)16(6)12(8-2)10(5)14/h8-9,11,14-15H,7H2,1-6H3/b12-8+,14-10?. The molecule has 0 aromatic carbocycles. The van der Waals surface area contributed by atoms with E-state index in [0.29, 0.717) is 11.4 Å². The second-order valence-electron chi connectivity index (χ2n) is 4.48. The van der Waals surface area contributed by atoms with E-state index >= 15 is 0 Å². The van der Waals surface area contributed by atoms with E-state index in [4.69, 9.17) is 5.41 Å². The highest BCUT2D eigenvalue weighted by Gasteiger charge is 2.23. The first-order valence-electron chi connectivity index (χ1n) is 6.10. The third kappa shape index (κ3) is 4.69. The van der Waals surface area contributed by atoms with Crippen molar-refractivity contribution >= 4 is 11.6 Å². The van der Waals surface area contributed by atoms with Crippen LogP contribution in [0.2, 0.25) is 0 Å². The van der Waals surface area contributed by atoms with Gasteiger partial charge in [-0.1, -0.05) is 26.8 Å². The molecule has 1 unspecified atom stereocenters. The summed E-state index contributed by atoms with van der Waals surface area (Å²) < 4.78 is 0. The maximum atomic E-state index is 12.2. The van der Waals surface area contributed by atoms with Crippen molar-refractivity contribution in [3.05, 3.63) is 11.8 Å². The third-order valence-electron chi connectivity index (χ3n) is 2.59. The zero-order chi connectivity index (χ0) is 13.6. The Balaban J connectivity index is 4.83. The Kier molecular flexibility index (Phi) is 6.73. The molecule has 0 fully saturated rings. The number of carbonyl (C=O) groups excluding carboxylic acids is 1. The lowest BCUT2D eigenvalue weighted by atomic mass is 10.1. The molecule has 98 valence electrons. The molecule has 4 nitrogen and oxygen atoms in total. The number of hydrogen-bond donors (Lipinski definition) is 2. The summed E-state index contributed by atoms with van der Waals surface area (Å²) in [6, 6.07) is 0.0849. The number of likely N-dealkylation sites (N-methyl/N-ethyl adjacent to an activating group) is 1. The molecule has 17 heavy (non-hydrogen) atoms. The Morgan fingerprint density at radius 3 is 2.29 bits per heavy atom. The minimum Gasteiger partial charge on any atom is -0.313 e. The molecular formula is C13H25N3O. The van der Waals surface area contributed by atoms with Crippen molar-refractivity contribution in [1.29, 1.82) is 5.41 Å². The average Bonchev–Trinajstić information content (AvgIpc) is 2.24. The second kappa shape index (κ2) is 7.22. The molecule has 0 aliphatic rings. The van der Waals surface area contributed by atoms with Crippen LogP contribution in [0.15, 0.2) is 11.8 Å². The van der Waals surface area contributed by atoms with E-state index in [1.165, 1.54) is 0 Å². The van der Waals surface area contributed by atoms with Gasteiger partial charge >= 0.3 is 0 Å². The van der Waals surface area contributed by atoms with Crippen LogP contribution in [0.4, 0.5) is 0 Å². The fraction of sp³-hybridized carbons (Fsp3) is 0.692. The SMILES string of the molecule is C/C=C(\C(C)=N)N(C)C(=O)C(CC)NC(C)C. The van der Waals surface area contributed by atoms with Gasteiger partial charge in [0.05, 0.1) is 17.5 Å². The fourth-order valence-corrected chi connectivity index (χ4v) is 1.78. The van der Waals surface area contributed by atoms with Gasteiger partial charge in [0.2, 0.25) is 5.91 Å². The van der Waals surface area contributed by atoms with Gasteiger partial charge in [-0.3, -0.25) is 4.79 Å². The van der Waals surface area contributed by atoms with E-state index < -0.39 is 0 Å². The molecule has 0 aliphatic heterocycles. The molecule has 0 saturated heterocycles. The van der Waals surface area contributed by atoms with Crippen molar-refractivity contribution in [1.82, 2.24) is 10.2 Å². The van der Waals surface area contributed by atoms with Gasteiger partial charge in [-0.25, -0.2) is 0 Å². The van der Waals surface area contributed by atoms with Crippen LogP contribution in [0, 0.1) is 5.41 Å². The summed E-state index contributed by atoms with van der Waals surface area (Å²) in [7, 11) is 1.72. The lowest BCUT2D eigenvalue weighted by Gasteiger charge is -2.26. The Hall–Kier alpha value is -1.16. The molecule has 0 heterocycles. The monoisotopic (exact) mass is 239 g/mol. The lowest BCUT2D eigenvalue weighted by Crippen LogP contribution is -2.47. The van der Waals surface area contributed by atoms with Crippen LogP contribution in [0.1, 0.15) is 41.0 Å². The van der Waals surface area contributed by atoms with Gasteiger partial charge in [-0.2, -0.15) is 0 Å². The molecule has 4 heteroatoms. The molecule has 0 aromatic heterocycles. The summed E-state index contributed by atoms with van der Waals surface area (Å²) in [6.45, 7) is 9.56. The van der Waals surface area contributed by atoms with E-state index in [1.807, 2.05) is 27.7 Å². The van der Waals surface area contributed by atoms with Gasteiger partial charge in [0.1, 0.15) is 0 Å². The smallest absolute Gasteiger partial charge is 0.243 e. The van der Waals surface area contributed by atoms with Crippen molar-refractivity contribution in [3.8, 4) is 0 Å². The van der Waals surface area contributed by atoms with E-state index in [0.717, 1.165) is 6.42 Å². The summed E-state index contributed by atoms with van der Waals surface area (Å²) in [5, 5.41) is 10.9. The van der Waals surface area contributed by atoms with Crippen molar-refractivity contribution in [2.45, 2.75) is 53.1 Å². The van der Waals surface area contributed by atoms with Gasteiger partial charge in [-0.15, -0.1) is 0 Å². The van der Waals surface area contributed by atoms with Crippen LogP contribution in [0.3, 0.4) is 0 Å². The number of allylic oxidation sites excluding steroid dienone is 2. The minimum absolute atomic E-state index is 0.0147. The summed E-state index contributed by atoms with van der Waals surface area (Å²) in [6.07, 6.45) is 2.54. The number of hydrogen-bond acceptors (Lipinski definition) is 3. The molecule has 0 aromatic rings. The van der Waals surface area contributed by atoms with Gasteiger partial charge in [-0.05, 0) is 20.3 Å². The van der Waals surface area contributed by atoms with Crippen molar-refractivity contribution in [2.24, 2.45) is 0 Å². The predicted octanol–water partition coefficient (Wildman–Crippen LogP) is 2.16. The summed E-state index contributed by atoms with van der Waals surface area (Å²) >= 11 is 0. The topological polar surface area (TPSA) is 56.2 Å². The molecule has 1 amide bonds. The van der Waals surface area contributed by atoms with Gasteiger partial charge in [0.15, 0.2) is 0 Å². The zero-order valence-electron chi connectivity index (χ0n) is 11.8. The third-order valence-corrected chi connectivity index (χ3v) is 2.59. The van der Waals surface area contributed by atoms with Gasteiger partial charge < -0.3 is 15.6 Å². The quantitative estimate of drug-likeness (QED) is 0.698. The molecule has 0 radical (unpaired) electrons. The highest BCUT2D eigenvalue weighted by atomic mass is 16.2. The molecule has 0 rings (SSSR count). The summed E-state index contributed by atoms with van der Waals surface area (Å²) in [5.74, 6) is 0.0147. The van der Waals surface area contributed by atoms with Crippen LogP contribution in [0.5, 0.6) is 0 Å². The maximum Gasteiger partial charge on any atom is 0.243 e. The minimum atomic E-state index is -0.186. The normalized spacial score (nSPS) is 13.7. The Labute approximate surface area is 105 Å². The van der Waals surface area contributed by atoms with Crippen LogP contribution >= 0.6 is 0 Å². The van der Waals surface area contributed by atoms with E-state index in [-0.39, 0.29) is 18.0 Å². The fourth-order valence-electron chi connectivity index (χ4n) is 1.78. The first-order chi connectivity index (χ1) is 7.84. The van der Waals surface area contributed by atoms with E-state index in [2.05, 4.69) is 5.32 Å².